The molecule has 2 aromatic rings. The molecule has 3 rings (SSSR count). The SMILES string of the molecule is NS(=O)(=O)c1cc([N+](=O)[O-])ccc1N1CCC(C(=O)Nc2ccccn2)CC1. The number of nitrogens with two attached hydrogens (primary N) is 1. The van der Waals surface area contributed by atoms with E-state index in [1.54, 1.807) is 29.3 Å². The molecule has 0 unspecified atom stereocenters. The van der Waals surface area contributed by atoms with Crippen molar-refractivity contribution in [3.05, 3.63) is 52.7 Å². The molecule has 148 valence electrons. The Morgan fingerprint density at radius 3 is 2.54 bits per heavy atom. The van der Waals surface area contributed by atoms with E-state index >= 15 is 0 Å². The molecule has 1 aromatic carbocycles. The number of hydrogen-bond acceptors (Lipinski definition) is 7. The standard InChI is InChI=1S/C17H19N5O5S/c18-28(26,27)15-11-13(22(24)25)4-5-14(15)21-9-6-12(7-10-21)17(23)20-16-3-1-2-8-19-16/h1-5,8,11-12H,6-7,9-10H2,(H2,18,26,27)(H,19,20,23). The van der Waals surface area contributed by atoms with E-state index in [4.69, 9.17) is 5.14 Å². The fourth-order valence-electron chi connectivity index (χ4n) is 3.15. The van der Waals surface area contributed by atoms with Crippen molar-refractivity contribution < 1.29 is 18.1 Å². The first kappa shape index (κ1) is 19.7. The number of primary sulfonamides is 1. The number of rotatable bonds is 5. The van der Waals surface area contributed by atoms with Gasteiger partial charge in [0.15, 0.2) is 0 Å². The topological polar surface area (TPSA) is 149 Å². The van der Waals surface area contributed by atoms with Gasteiger partial charge >= 0.3 is 0 Å². The molecule has 2 heterocycles. The number of anilines is 2. The molecule has 28 heavy (non-hydrogen) atoms. The first-order valence-corrected chi connectivity index (χ1v) is 10.1. The minimum absolute atomic E-state index is 0.145. The molecule has 1 saturated heterocycles. The predicted octanol–water partition coefficient (Wildman–Crippen LogP) is 1.49. The van der Waals surface area contributed by atoms with E-state index in [0.29, 0.717) is 37.4 Å². The molecule has 1 aliphatic rings. The van der Waals surface area contributed by atoms with Crippen LogP contribution in [0.2, 0.25) is 0 Å². The summed E-state index contributed by atoms with van der Waals surface area (Å²) in [6, 6.07) is 8.80. The fourth-order valence-corrected chi connectivity index (χ4v) is 3.93. The Morgan fingerprint density at radius 2 is 1.96 bits per heavy atom. The van der Waals surface area contributed by atoms with Gasteiger partial charge in [0, 0.05) is 37.3 Å². The zero-order valence-corrected chi connectivity index (χ0v) is 15.6. The van der Waals surface area contributed by atoms with Gasteiger partial charge in [-0.15, -0.1) is 0 Å². The van der Waals surface area contributed by atoms with Gasteiger partial charge in [0.1, 0.15) is 10.7 Å². The lowest BCUT2D eigenvalue weighted by Crippen LogP contribution is -2.39. The van der Waals surface area contributed by atoms with Crippen LogP contribution >= 0.6 is 0 Å². The second-order valence-corrected chi connectivity index (χ2v) is 7.95. The summed E-state index contributed by atoms with van der Waals surface area (Å²) >= 11 is 0. The summed E-state index contributed by atoms with van der Waals surface area (Å²) < 4.78 is 23.8. The summed E-state index contributed by atoms with van der Waals surface area (Å²) in [6.07, 6.45) is 2.58. The molecule has 0 saturated carbocycles. The largest absolute Gasteiger partial charge is 0.370 e. The van der Waals surface area contributed by atoms with Crippen molar-refractivity contribution in [1.82, 2.24) is 4.98 Å². The van der Waals surface area contributed by atoms with Crippen LogP contribution in [0.5, 0.6) is 0 Å². The maximum Gasteiger partial charge on any atom is 0.270 e. The average Bonchev–Trinajstić information content (AvgIpc) is 2.67. The maximum atomic E-state index is 12.4. The molecule has 0 bridgehead atoms. The molecule has 0 atom stereocenters. The fraction of sp³-hybridized carbons (Fsp3) is 0.294. The van der Waals surface area contributed by atoms with Crippen LogP contribution in [0.15, 0.2) is 47.5 Å². The molecule has 0 radical (unpaired) electrons. The summed E-state index contributed by atoms with van der Waals surface area (Å²) in [6.45, 7) is 0.835. The van der Waals surface area contributed by atoms with Crippen LogP contribution in [-0.4, -0.2) is 37.3 Å². The van der Waals surface area contributed by atoms with Crippen molar-refractivity contribution in [2.24, 2.45) is 11.1 Å². The first-order valence-electron chi connectivity index (χ1n) is 8.54. The number of hydrogen-bond donors (Lipinski definition) is 2. The molecule has 1 aliphatic heterocycles. The van der Waals surface area contributed by atoms with Crippen LogP contribution in [0.4, 0.5) is 17.2 Å². The van der Waals surface area contributed by atoms with Crippen molar-refractivity contribution in [2.75, 3.05) is 23.3 Å². The number of pyridine rings is 1. The highest BCUT2D eigenvalue weighted by molar-refractivity contribution is 7.89. The lowest BCUT2D eigenvalue weighted by molar-refractivity contribution is -0.385. The number of nitro benzene ring substituents is 1. The molecular formula is C17H19N5O5S. The van der Waals surface area contributed by atoms with Gasteiger partial charge < -0.3 is 10.2 Å². The second kappa shape index (κ2) is 7.90. The maximum absolute atomic E-state index is 12.4. The summed E-state index contributed by atoms with van der Waals surface area (Å²) in [7, 11) is -4.14. The third kappa shape index (κ3) is 4.43. The highest BCUT2D eigenvalue weighted by Crippen LogP contribution is 2.32. The first-order chi connectivity index (χ1) is 13.3. The summed E-state index contributed by atoms with van der Waals surface area (Å²) in [4.78, 5) is 28.2. The molecule has 0 spiro atoms. The van der Waals surface area contributed by atoms with Crippen LogP contribution in [0.3, 0.4) is 0 Å². The van der Waals surface area contributed by atoms with Crippen LogP contribution in [0.1, 0.15) is 12.8 Å². The van der Waals surface area contributed by atoms with E-state index in [9.17, 15) is 23.3 Å². The second-order valence-electron chi connectivity index (χ2n) is 6.42. The van der Waals surface area contributed by atoms with Gasteiger partial charge in [-0.05, 0) is 31.0 Å². The average molecular weight is 405 g/mol. The zero-order chi connectivity index (χ0) is 20.3. The molecule has 11 heteroatoms. The Hall–Kier alpha value is -3.05. The van der Waals surface area contributed by atoms with Crippen molar-refractivity contribution >= 4 is 33.1 Å². The number of nitro groups is 1. The third-order valence-electron chi connectivity index (χ3n) is 4.58. The number of aromatic nitrogens is 1. The van der Waals surface area contributed by atoms with E-state index in [1.807, 2.05) is 0 Å². The predicted molar refractivity (Wildman–Crippen MR) is 102 cm³/mol. The van der Waals surface area contributed by atoms with Gasteiger partial charge in [-0.3, -0.25) is 14.9 Å². The number of piperidine rings is 1. The van der Waals surface area contributed by atoms with Gasteiger partial charge in [0.2, 0.25) is 15.9 Å². The molecule has 1 fully saturated rings. The quantitative estimate of drug-likeness (QED) is 0.565. The highest BCUT2D eigenvalue weighted by Gasteiger charge is 2.29. The Bertz CT molecular complexity index is 988. The van der Waals surface area contributed by atoms with Gasteiger partial charge in [-0.2, -0.15) is 0 Å². The monoisotopic (exact) mass is 405 g/mol. The summed E-state index contributed by atoms with van der Waals surface area (Å²) in [5.74, 6) is 0.0877. The van der Waals surface area contributed by atoms with E-state index in [-0.39, 0.29) is 22.4 Å². The van der Waals surface area contributed by atoms with Crippen LogP contribution in [0, 0.1) is 16.0 Å². The normalized spacial score (nSPS) is 15.2. The number of amides is 1. The molecule has 1 aromatic heterocycles. The number of non-ortho nitro benzene ring substituents is 1. The van der Waals surface area contributed by atoms with E-state index in [0.717, 1.165) is 6.07 Å². The summed E-state index contributed by atoms with van der Waals surface area (Å²) in [5, 5.41) is 19.0. The van der Waals surface area contributed by atoms with Crippen LogP contribution in [0.25, 0.3) is 0 Å². The number of nitrogens with one attached hydrogen (secondary N) is 1. The lowest BCUT2D eigenvalue weighted by Gasteiger charge is -2.33. The molecule has 10 nitrogen and oxygen atoms in total. The van der Waals surface area contributed by atoms with Gasteiger partial charge in [-0.1, -0.05) is 6.07 Å². The van der Waals surface area contributed by atoms with Crippen molar-refractivity contribution in [3.8, 4) is 0 Å². The van der Waals surface area contributed by atoms with Gasteiger partial charge in [0.25, 0.3) is 5.69 Å². The van der Waals surface area contributed by atoms with Crippen molar-refractivity contribution in [1.29, 1.82) is 0 Å². The molecule has 0 aliphatic carbocycles. The van der Waals surface area contributed by atoms with Crippen molar-refractivity contribution in [2.45, 2.75) is 17.7 Å². The smallest absolute Gasteiger partial charge is 0.270 e. The van der Waals surface area contributed by atoms with E-state index in [2.05, 4.69) is 10.3 Å². The number of sulfonamides is 1. The number of benzene rings is 1. The van der Waals surface area contributed by atoms with Gasteiger partial charge in [-0.25, -0.2) is 18.5 Å². The third-order valence-corrected chi connectivity index (χ3v) is 5.52. The summed E-state index contributed by atoms with van der Waals surface area (Å²) in [5.41, 5.74) is -0.0471. The Kier molecular flexibility index (Phi) is 5.56. The van der Waals surface area contributed by atoms with Crippen LogP contribution in [-0.2, 0) is 14.8 Å². The Morgan fingerprint density at radius 1 is 1.25 bits per heavy atom. The number of carbonyl (C=O) groups excluding carboxylic acids is 1. The Balaban J connectivity index is 1.73. The van der Waals surface area contributed by atoms with E-state index < -0.39 is 14.9 Å². The lowest BCUT2D eigenvalue weighted by atomic mass is 9.95. The molecule has 3 N–H and O–H groups in total. The minimum Gasteiger partial charge on any atom is -0.370 e. The highest BCUT2D eigenvalue weighted by atomic mass is 32.2. The molecular weight excluding hydrogens is 386 g/mol. The van der Waals surface area contributed by atoms with Crippen molar-refractivity contribution in [3.63, 3.8) is 0 Å². The zero-order valence-electron chi connectivity index (χ0n) is 14.8. The van der Waals surface area contributed by atoms with Gasteiger partial charge in [0.05, 0.1) is 10.6 Å². The Labute approximate surface area is 161 Å². The van der Waals surface area contributed by atoms with E-state index in [1.165, 1.54) is 12.1 Å². The number of carbonyl (C=O) groups is 1. The molecule has 1 amide bonds. The van der Waals surface area contributed by atoms with Crippen LogP contribution < -0.4 is 15.4 Å². The minimum atomic E-state index is -4.14. The number of nitrogens with zero attached hydrogens (tertiary/aromatic N) is 3.